The predicted molar refractivity (Wildman–Crippen MR) is 305 cm³/mol. The number of nitrogens with zero attached hydrogens (tertiary/aromatic N) is 2. The van der Waals surface area contributed by atoms with Crippen molar-refractivity contribution < 1.29 is 4.42 Å². The van der Waals surface area contributed by atoms with Crippen molar-refractivity contribution >= 4 is 55.9 Å². The van der Waals surface area contributed by atoms with Crippen LogP contribution in [-0.2, 0) is 10.8 Å². The summed E-state index contributed by atoms with van der Waals surface area (Å²) >= 11 is 0. The van der Waals surface area contributed by atoms with Gasteiger partial charge in [-0.05, 0) is 170 Å². The molecular formula is C71H50N2O. The van der Waals surface area contributed by atoms with Crippen molar-refractivity contribution in [3.8, 4) is 39.1 Å². The summed E-state index contributed by atoms with van der Waals surface area (Å²) in [5.41, 5.74) is 24.1. The highest BCUT2D eigenvalue weighted by atomic mass is 16.3. The molecule has 0 N–H and O–H groups in total. The molecule has 2 atom stereocenters. The molecule has 4 aliphatic rings. The van der Waals surface area contributed by atoms with E-state index in [0.717, 1.165) is 34.1 Å². The number of hydrogen-bond donors (Lipinski definition) is 0. The Kier molecular flexibility index (Phi) is 8.62. The minimum atomic E-state index is -0.499. The summed E-state index contributed by atoms with van der Waals surface area (Å²) in [6.07, 6.45) is 5.73. The van der Waals surface area contributed by atoms with Crippen LogP contribution in [0.4, 0.5) is 17.1 Å². The first kappa shape index (κ1) is 41.7. The first-order valence-electron chi connectivity index (χ1n) is 26.2. The zero-order valence-corrected chi connectivity index (χ0v) is 41.3. The maximum absolute atomic E-state index is 6.48. The van der Waals surface area contributed by atoms with Gasteiger partial charge >= 0.3 is 0 Å². The molecule has 0 amide bonds. The van der Waals surface area contributed by atoms with Crippen LogP contribution in [0.15, 0.2) is 241 Å². The lowest BCUT2D eigenvalue weighted by Crippen LogP contribution is -2.28. The zero-order chi connectivity index (χ0) is 48.9. The van der Waals surface area contributed by atoms with Crippen molar-refractivity contribution in [2.24, 2.45) is 5.92 Å². The van der Waals surface area contributed by atoms with Crippen LogP contribution in [0.3, 0.4) is 0 Å². The average Bonchev–Trinajstić information content (AvgIpc) is 3.88. The smallest absolute Gasteiger partial charge is 0.135 e. The van der Waals surface area contributed by atoms with E-state index in [9.17, 15) is 0 Å². The summed E-state index contributed by atoms with van der Waals surface area (Å²) in [6.45, 7) is 4.74. The van der Waals surface area contributed by atoms with Crippen LogP contribution in [0.1, 0.15) is 70.9 Å². The minimum absolute atomic E-state index is 0.129. The van der Waals surface area contributed by atoms with Gasteiger partial charge in [0.25, 0.3) is 0 Å². The molecular weight excluding hydrogens is 897 g/mol. The van der Waals surface area contributed by atoms with E-state index < -0.39 is 5.41 Å². The number of anilines is 3. The summed E-state index contributed by atoms with van der Waals surface area (Å²) in [4.78, 5) is 2.45. The molecule has 0 saturated heterocycles. The highest BCUT2D eigenvalue weighted by Crippen LogP contribution is 2.58. The SMILES string of the molecule is CC1(C)c2ccccc2-c2ccc(N(c3ccc(-c4ccc5c(c4)c4cc(C6(c7ccccc7)c7ccccc7-c7ccccc76)ccc4n5-c4ccccc4)cc3)c3ccc4oc5c(c4c3)[C@@H]3CC3C=C5)cc21. The Morgan fingerprint density at radius 3 is 1.78 bits per heavy atom. The van der Waals surface area contributed by atoms with E-state index >= 15 is 0 Å². The van der Waals surface area contributed by atoms with Crippen molar-refractivity contribution in [1.29, 1.82) is 0 Å². The second kappa shape index (κ2) is 15.3. The van der Waals surface area contributed by atoms with E-state index in [1.165, 1.54) is 106 Å². The van der Waals surface area contributed by atoms with Crippen molar-refractivity contribution in [3.63, 3.8) is 0 Å². The lowest BCUT2D eigenvalue weighted by Gasteiger charge is -2.34. The zero-order valence-electron chi connectivity index (χ0n) is 41.3. The Labute approximate surface area is 430 Å². The van der Waals surface area contributed by atoms with E-state index in [0.29, 0.717) is 11.8 Å². The molecule has 1 saturated carbocycles. The van der Waals surface area contributed by atoms with Crippen molar-refractivity contribution in [2.45, 2.75) is 37.0 Å². The van der Waals surface area contributed by atoms with Crippen molar-refractivity contribution in [2.75, 3.05) is 4.90 Å². The van der Waals surface area contributed by atoms with E-state index in [-0.39, 0.29) is 5.41 Å². The molecule has 2 heterocycles. The number of rotatable bonds is 7. The monoisotopic (exact) mass is 946 g/mol. The van der Waals surface area contributed by atoms with Crippen molar-refractivity contribution in [1.82, 2.24) is 4.57 Å². The molecule has 3 nitrogen and oxygen atoms in total. The highest BCUT2D eigenvalue weighted by Gasteiger charge is 2.46. The standard InChI is InChI=1S/C71H50N2O/c1-70(2)61-22-12-9-19-53(61)56-34-32-52(43-64(56)70)72(51-33-38-67-60(42-51)69-57-40-46(57)28-37-68(69)74-67)50-30-25-44(26-31-50)45-27-35-65-58(39-45)59-41-48(29-36-66(59)73(65)49-17-7-4-8-18-49)71(47-15-5-3-6-16-47)62-23-13-10-20-54(62)55-21-11-14-24-63(55)71/h3-39,41-43,46,57H,40H2,1-2H3/t46?,57-/m1/s1. The second-order valence-electron chi connectivity index (χ2n) is 21.6. The molecule has 10 aromatic carbocycles. The fourth-order valence-electron chi connectivity index (χ4n) is 13.8. The maximum atomic E-state index is 6.48. The quantitative estimate of drug-likeness (QED) is 0.159. The van der Waals surface area contributed by atoms with Gasteiger partial charge in [0.15, 0.2) is 0 Å². The fraction of sp³-hybridized carbons (Fsp3) is 0.0986. The molecule has 0 spiro atoms. The molecule has 2 aromatic heterocycles. The molecule has 74 heavy (non-hydrogen) atoms. The van der Waals surface area contributed by atoms with Crippen LogP contribution < -0.4 is 4.90 Å². The molecule has 4 aliphatic carbocycles. The largest absolute Gasteiger partial charge is 0.456 e. The third kappa shape index (κ3) is 5.78. The molecule has 0 aliphatic heterocycles. The number of furan rings is 1. The van der Waals surface area contributed by atoms with Gasteiger partial charge in [-0.2, -0.15) is 0 Å². The van der Waals surface area contributed by atoms with Gasteiger partial charge < -0.3 is 13.9 Å². The molecule has 0 bridgehead atoms. The molecule has 1 unspecified atom stereocenters. The van der Waals surface area contributed by atoms with Gasteiger partial charge in [0.2, 0.25) is 0 Å². The topological polar surface area (TPSA) is 21.3 Å². The van der Waals surface area contributed by atoms with Crippen LogP contribution in [0.2, 0.25) is 0 Å². The fourth-order valence-corrected chi connectivity index (χ4v) is 13.8. The Morgan fingerprint density at radius 1 is 0.459 bits per heavy atom. The molecule has 16 rings (SSSR count). The minimum Gasteiger partial charge on any atom is -0.456 e. The van der Waals surface area contributed by atoms with E-state index in [1.807, 2.05) is 0 Å². The second-order valence-corrected chi connectivity index (χ2v) is 21.6. The van der Waals surface area contributed by atoms with Crippen LogP contribution in [0.25, 0.3) is 77.9 Å². The number of allylic oxidation sites excluding steroid dienone is 1. The molecule has 12 aromatic rings. The third-order valence-electron chi connectivity index (χ3n) is 17.4. The average molecular weight is 947 g/mol. The van der Waals surface area contributed by atoms with Gasteiger partial charge in [-0.15, -0.1) is 0 Å². The Hall–Kier alpha value is -8.92. The Bertz CT molecular complexity index is 4280. The van der Waals surface area contributed by atoms with E-state index in [4.69, 9.17) is 4.42 Å². The summed E-state index contributed by atoms with van der Waals surface area (Å²) in [7, 11) is 0. The summed E-state index contributed by atoms with van der Waals surface area (Å²) < 4.78 is 8.92. The summed E-state index contributed by atoms with van der Waals surface area (Å²) in [5.74, 6) is 2.19. The van der Waals surface area contributed by atoms with Gasteiger partial charge in [0.05, 0.1) is 16.4 Å². The normalized spacial score (nSPS) is 16.9. The number of fused-ring (bicyclic) bond motifs is 14. The first-order chi connectivity index (χ1) is 36.4. The van der Waals surface area contributed by atoms with E-state index in [2.05, 4.69) is 266 Å². The molecule has 0 radical (unpaired) electrons. The van der Waals surface area contributed by atoms with Gasteiger partial charge in [0.1, 0.15) is 11.3 Å². The highest BCUT2D eigenvalue weighted by molar-refractivity contribution is 6.11. The van der Waals surface area contributed by atoms with Crippen LogP contribution >= 0.6 is 0 Å². The molecule has 350 valence electrons. The van der Waals surface area contributed by atoms with E-state index in [1.54, 1.807) is 0 Å². The maximum Gasteiger partial charge on any atom is 0.135 e. The Balaban J connectivity index is 0.860. The van der Waals surface area contributed by atoms with Crippen LogP contribution in [0, 0.1) is 5.92 Å². The number of para-hydroxylation sites is 1. The lowest BCUT2D eigenvalue weighted by atomic mass is 9.67. The van der Waals surface area contributed by atoms with Gasteiger partial charge in [0, 0.05) is 49.9 Å². The lowest BCUT2D eigenvalue weighted by molar-refractivity contribution is 0.595. The number of aromatic nitrogens is 1. The van der Waals surface area contributed by atoms with Crippen LogP contribution in [0.5, 0.6) is 0 Å². The molecule has 3 heteroatoms. The molecule has 1 fully saturated rings. The van der Waals surface area contributed by atoms with Crippen molar-refractivity contribution in [3.05, 3.63) is 281 Å². The summed E-state index contributed by atoms with van der Waals surface area (Å²) in [6, 6.07) is 86.4. The van der Waals surface area contributed by atoms with Gasteiger partial charge in [-0.1, -0.05) is 172 Å². The number of benzene rings is 10. The first-order valence-corrected chi connectivity index (χ1v) is 26.2. The number of hydrogen-bond acceptors (Lipinski definition) is 2. The predicted octanol–water partition coefficient (Wildman–Crippen LogP) is 18.5. The van der Waals surface area contributed by atoms with Gasteiger partial charge in [-0.25, -0.2) is 0 Å². The summed E-state index contributed by atoms with van der Waals surface area (Å²) in [5, 5.41) is 3.68. The van der Waals surface area contributed by atoms with Gasteiger partial charge in [-0.3, -0.25) is 0 Å². The van der Waals surface area contributed by atoms with Crippen LogP contribution in [-0.4, -0.2) is 4.57 Å². The third-order valence-corrected chi connectivity index (χ3v) is 17.4. The Morgan fingerprint density at radius 2 is 1.04 bits per heavy atom.